The van der Waals surface area contributed by atoms with Crippen molar-refractivity contribution in [3.05, 3.63) is 42.5 Å². The van der Waals surface area contributed by atoms with Crippen molar-refractivity contribution in [3.8, 4) is 5.69 Å². The molecule has 0 saturated heterocycles. The van der Waals surface area contributed by atoms with Crippen molar-refractivity contribution >= 4 is 5.91 Å². The lowest BCUT2D eigenvalue weighted by Crippen LogP contribution is -2.49. The van der Waals surface area contributed by atoms with Crippen LogP contribution in [-0.4, -0.2) is 37.9 Å². The smallest absolute Gasteiger partial charge is 0.291 e. The van der Waals surface area contributed by atoms with Gasteiger partial charge in [0.05, 0.1) is 17.8 Å². The highest BCUT2D eigenvalue weighted by Crippen LogP contribution is 2.29. The topological polar surface area (TPSA) is 80.0 Å². The van der Waals surface area contributed by atoms with E-state index in [1.807, 2.05) is 30.3 Å². The summed E-state index contributed by atoms with van der Waals surface area (Å²) in [6.45, 7) is -0.0435. The molecule has 0 aliphatic heterocycles. The second-order valence-corrected chi connectivity index (χ2v) is 5.45. The lowest BCUT2D eigenvalue weighted by molar-refractivity contribution is 0.0828. The van der Waals surface area contributed by atoms with Crippen LogP contribution in [0.5, 0.6) is 0 Å². The molecule has 0 bridgehead atoms. The average Bonchev–Trinajstić information content (AvgIpc) is 3.18. The van der Waals surface area contributed by atoms with Crippen LogP contribution in [0.25, 0.3) is 5.69 Å². The van der Waals surface area contributed by atoms with Gasteiger partial charge in [-0.25, -0.2) is 9.67 Å². The van der Waals surface area contributed by atoms with E-state index in [1.54, 1.807) is 4.68 Å². The second kappa shape index (κ2) is 5.65. The molecule has 0 unspecified atom stereocenters. The van der Waals surface area contributed by atoms with E-state index in [0.29, 0.717) is 0 Å². The fraction of sp³-hybridized carbons (Fsp3) is 0.400. The van der Waals surface area contributed by atoms with Crippen molar-refractivity contribution in [1.82, 2.24) is 20.1 Å². The van der Waals surface area contributed by atoms with E-state index in [9.17, 15) is 9.90 Å². The van der Waals surface area contributed by atoms with E-state index in [4.69, 9.17) is 0 Å². The summed E-state index contributed by atoms with van der Waals surface area (Å²) in [5, 5.41) is 16.6. The Labute approximate surface area is 122 Å². The third-order valence-electron chi connectivity index (χ3n) is 3.96. The number of amides is 1. The van der Waals surface area contributed by atoms with Crippen LogP contribution in [0.1, 0.15) is 36.3 Å². The number of nitrogens with one attached hydrogen (secondary N) is 1. The molecule has 0 spiro atoms. The normalized spacial score (nSPS) is 16.8. The molecule has 110 valence electrons. The summed E-state index contributed by atoms with van der Waals surface area (Å²) in [6, 6.07) is 9.50. The zero-order chi connectivity index (χ0) is 14.7. The molecular formula is C15H18N4O2. The van der Waals surface area contributed by atoms with Gasteiger partial charge >= 0.3 is 0 Å². The molecule has 6 heteroatoms. The van der Waals surface area contributed by atoms with Crippen molar-refractivity contribution in [3.63, 3.8) is 0 Å². The SMILES string of the molecule is O=C(NC1(CO)CCCC1)c1ncn(-c2ccccc2)n1. The van der Waals surface area contributed by atoms with Gasteiger partial charge in [-0.15, -0.1) is 5.10 Å². The first-order valence-corrected chi connectivity index (χ1v) is 7.13. The Balaban J connectivity index is 1.75. The molecular weight excluding hydrogens is 268 g/mol. The van der Waals surface area contributed by atoms with E-state index in [1.165, 1.54) is 6.33 Å². The fourth-order valence-electron chi connectivity index (χ4n) is 2.74. The van der Waals surface area contributed by atoms with E-state index in [0.717, 1.165) is 31.4 Å². The Morgan fingerprint density at radius 2 is 2.00 bits per heavy atom. The van der Waals surface area contributed by atoms with E-state index < -0.39 is 5.54 Å². The van der Waals surface area contributed by atoms with Gasteiger partial charge < -0.3 is 10.4 Å². The maximum atomic E-state index is 12.2. The minimum Gasteiger partial charge on any atom is -0.394 e. The molecule has 1 aromatic heterocycles. The number of aromatic nitrogens is 3. The molecule has 1 aromatic carbocycles. The lowest BCUT2D eigenvalue weighted by atomic mass is 9.99. The van der Waals surface area contributed by atoms with Crippen LogP contribution in [-0.2, 0) is 0 Å². The zero-order valence-corrected chi connectivity index (χ0v) is 11.7. The molecule has 21 heavy (non-hydrogen) atoms. The first-order valence-electron chi connectivity index (χ1n) is 7.13. The van der Waals surface area contributed by atoms with Crippen LogP contribution in [0, 0.1) is 0 Å². The van der Waals surface area contributed by atoms with Crippen molar-refractivity contribution in [2.45, 2.75) is 31.2 Å². The number of para-hydroxylation sites is 1. The summed E-state index contributed by atoms with van der Waals surface area (Å²) in [5.41, 5.74) is 0.344. The minimum atomic E-state index is -0.505. The number of nitrogens with zero attached hydrogens (tertiary/aromatic N) is 3. The summed E-state index contributed by atoms with van der Waals surface area (Å²) < 4.78 is 1.56. The molecule has 2 N–H and O–H groups in total. The largest absolute Gasteiger partial charge is 0.394 e. The molecule has 1 aliphatic carbocycles. The maximum Gasteiger partial charge on any atom is 0.291 e. The van der Waals surface area contributed by atoms with Crippen LogP contribution >= 0.6 is 0 Å². The van der Waals surface area contributed by atoms with Gasteiger partial charge in [-0.2, -0.15) is 0 Å². The van der Waals surface area contributed by atoms with Gasteiger partial charge in [-0.1, -0.05) is 31.0 Å². The maximum absolute atomic E-state index is 12.2. The van der Waals surface area contributed by atoms with Gasteiger partial charge in [0.15, 0.2) is 0 Å². The van der Waals surface area contributed by atoms with Crippen LogP contribution < -0.4 is 5.32 Å². The van der Waals surface area contributed by atoms with Gasteiger partial charge in [0.1, 0.15) is 6.33 Å². The number of benzene rings is 1. The highest BCUT2D eigenvalue weighted by molar-refractivity contribution is 5.90. The van der Waals surface area contributed by atoms with Crippen LogP contribution in [0.15, 0.2) is 36.7 Å². The predicted molar refractivity (Wildman–Crippen MR) is 77.1 cm³/mol. The van der Waals surface area contributed by atoms with Crippen molar-refractivity contribution in [2.24, 2.45) is 0 Å². The Morgan fingerprint density at radius 1 is 1.29 bits per heavy atom. The number of rotatable bonds is 4. The first kappa shape index (κ1) is 13.8. The van der Waals surface area contributed by atoms with Crippen molar-refractivity contribution in [2.75, 3.05) is 6.61 Å². The Kier molecular flexibility index (Phi) is 3.70. The highest BCUT2D eigenvalue weighted by Gasteiger charge is 2.35. The average molecular weight is 286 g/mol. The third kappa shape index (κ3) is 2.80. The minimum absolute atomic E-state index is 0.0435. The lowest BCUT2D eigenvalue weighted by Gasteiger charge is -2.27. The summed E-state index contributed by atoms with van der Waals surface area (Å²) >= 11 is 0. The number of aliphatic hydroxyl groups excluding tert-OH is 1. The van der Waals surface area contributed by atoms with Crippen molar-refractivity contribution in [1.29, 1.82) is 0 Å². The van der Waals surface area contributed by atoms with Crippen LogP contribution in [0.4, 0.5) is 0 Å². The zero-order valence-electron chi connectivity index (χ0n) is 11.7. The number of carbonyl (C=O) groups is 1. The second-order valence-electron chi connectivity index (χ2n) is 5.45. The standard InChI is InChI=1S/C15H18N4O2/c20-10-15(8-4-5-9-15)17-14(21)13-16-11-19(18-13)12-6-2-1-3-7-12/h1-3,6-7,11,20H,4-5,8-10H2,(H,17,21). The van der Waals surface area contributed by atoms with Gasteiger partial charge in [-0.3, -0.25) is 4.79 Å². The predicted octanol–water partition coefficient (Wildman–Crippen LogP) is 1.30. The van der Waals surface area contributed by atoms with Crippen LogP contribution in [0.3, 0.4) is 0 Å². The Hall–Kier alpha value is -2.21. The third-order valence-corrected chi connectivity index (χ3v) is 3.96. The van der Waals surface area contributed by atoms with Gasteiger partial charge in [0, 0.05) is 0 Å². The molecule has 1 amide bonds. The highest BCUT2D eigenvalue weighted by atomic mass is 16.3. The molecule has 1 heterocycles. The quantitative estimate of drug-likeness (QED) is 0.888. The summed E-state index contributed by atoms with van der Waals surface area (Å²) in [6.07, 6.45) is 5.16. The molecule has 1 aliphatic rings. The number of hydrogen-bond donors (Lipinski definition) is 2. The van der Waals surface area contributed by atoms with Gasteiger partial charge in [0.2, 0.25) is 5.82 Å². The van der Waals surface area contributed by atoms with E-state index in [-0.39, 0.29) is 18.3 Å². The van der Waals surface area contributed by atoms with Gasteiger partial charge in [0.25, 0.3) is 5.91 Å². The number of hydrogen-bond acceptors (Lipinski definition) is 4. The first-order chi connectivity index (χ1) is 10.2. The summed E-state index contributed by atoms with van der Waals surface area (Å²) in [7, 11) is 0. The summed E-state index contributed by atoms with van der Waals surface area (Å²) in [5.74, 6) is -0.209. The van der Waals surface area contributed by atoms with E-state index in [2.05, 4.69) is 15.4 Å². The summed E-state index contributed by atoms with van der Waals surface area (Å²) in [4.78, 5) is 16.3. The van der Waals surface area contributed by atoms with Crippen molar-refractivity contribution < 1.29 is 9.90 Å². The fourth-order valence-corrected chi connectivity index (χ4v) is 2.74. The molecule has 0 atom stereocenters. The molecule has 6 nitrogen and oxygen atoms in total. The molecule has 3 rings (SSSR count). The van der Waals surface area contributed by atoms with Crippen LogP contribution in [0.2, 0.25) is 0 Å². The molecule has 0 radical (unpaired) electrons. The van der Waals surface area contributed by atoms with E-state index >= 15 is 0 Å². The molecule has 1 saturated carbocycles. The van der Waals surface area contributed by atoms with Gasteiger partial charge in [-0.05, 0) is 25.0 Å². The molecule has 1 fully saturated rings. The Morgan fingerprint density at radius 3 is 2.67 bits per heavy atom. The molecule has 2 aromatic rings. The Bertz CT molecular complexity index is 618. The monoisotopic (exact) mass is 286 g/mol. The number of aliphatic hydroxyl groups is 1. The number of carbonyl (C=O) groups excluding carboxylic acids is 1.